The second-order valence-electron chi connectivity index (χ2n) is 4.93. The first-order chi connectivity index (χ1) is 10.1. The smallest absolute Gasteiger partial charge is 0.331 e. The molecular formula is C16H18N2O3. The maximum atomic E-state index is 10.7. The molecule has 0 unspecified atom stereocenters. The van der Waals surface area contributed by atoms with Gasteiger partial charge in [-0.3, -0.25) is 0 Å². The fourth-order valence-corrected chi connectivity index (χ4v) is 1.99. The first kappa shape index (κ1) is 15.0. The standard InChI is InChI=1S/C16H18N2O3/c1-3-4-12-5-7-13(8-6-12)10-14-17-15(21-18-14)9-11(2)16(19)20/h5-8H,2-4,9-10H2,1H3,(H,19,20). The van der Waals surface area contributed by atoms with E-state index < -0.39 is 5.97 Å². The van der Waals surface area contributed by atoms with Crippen molar-refractivity contribution in [2.45, 2.75) is 32.6 Å². The quantitative estimate of drug-likeness (QED) is 0.792. The highest BCUT2D eigenvalue weighted by molar-refractivity contribution is 5.86. The van der Waals surface area contributed by atoms with E-state index in [-0.39, 0.29) is 17.9 Å². The van der Waals surface area contributed by atoms with Crippen molar-refractivity contribution in [3.05, 3.63) is 59.3 Å². The lowest BCUT2D eigenvalue weighted by Crippen LogP contribution is -2.02. The van der Waals surface area contributed by atoms with Crippen molar-refractivity contribution in [3.63, 3.8) is 0 Å². The Morgan fingerprint density at radius 3 is 2.57 bits per heavy atom. The van der Waals surface area contributed by atoms with Crippen LogP contribution in [0.2, 0.25) is 0 Å². The predicted molar refractivity (Wildman–Crippen MR) is 78.0 cm³/mol. The molecule has 0 bridgehead atoms. The van der Waals surface area contributed by atoms with E-state index in [0.29, 0.717) is 12.2 Å². The van der Waals surface area contributed by atoms with Crippen LogP contribution in [0.15, 0.2) is 40.9 Å². The van der Waals surface area contributed by atoms with Crippen LogP contribution in [0.25, 0.3) is 0 Å². The number of aromatic nitrogens is 2. The van der Waals surface area contributed by atoms with E-state index in [1.54, 1.807) is 0 Å². The predicted octanol–water partition coefficient (Wildman–Crippen LogP) is 2.80. The molecule has 2 aromatic rings. The summed E-state index contributed by atoms with van der Waals surface area (Å²) in [6, 6.07) is 8.31. The Labute approximate surface area is 123 Å². The molecule has 0 atom stereocenters. The van der Waals surface area contributed by atoms with Gasteiger partial charge in [0.05, 0.1) is 6.42 Å². The zero-order valence-electron chi connectivity index (χ0n) is 12.0. The van der Waals surface area contributed by atoms with Gasteiger partial charge in [-0.05, 0) is 17.5 Å². The van der Waals surface area contributed by atoms with Crippen molar-refractivity contribution in [3.8, 4) is 0 Å². The van der Waals surface area contributed by atoms with Gasteiger partial charge in [-0.15, -0.1) is 0 Å². The van der Waals surface area contributed by atoms with Crippen molar-refractivity contribution >= 4 is 5.97 Å². The van der Waals surface area contributed by atoms with Crippen molar-refractivity contribution in [2.24, 2.45) is 0 Å². The van der Waals surface area contributed by atoms with Crippen LogP contribution in [0.3, 0.4) is 0 Å². The van der Waals surface area contributed by atoms with Crippen LogP contribution < -0.4 is 0 Å². The highest BCUT2D eigenvalue weighted by Crippen LogP contribution is 2.11. The lowest BCUT2D eigenvalue weighted by molar-refractivity contribution is -0.132. The Kier molecular flexibility index (Phi) is 4.87. The van der Waals surface area contributed by atoms with E-state index in [4.69, 9.17) is 9.63 Å². The topological polar surface area (TPSA) is 76.2 Å². The molecule has 0 saturated heterocycles. The SMILES string of the molecule is C=C(Cc1nc(Cc2ccc(CCC)cc2)no1)C(=O)O. The molecule has 0 amide bonds. The molecule has 0 aliphatic heterocycles. The Morgan fingerprint density at radius 1 is 1.29 bits per heavy atom. The fraction of sp³-hybridized carbons (Fsp3) is 0.312. The molecule has 1 N–H and O–H groups in total. The largest absolute Gasteiger partial charge is 0.478 e. The van der Waals surface area contributed by atoms with Gasteiger partial charge in [0, 0.05) is 12.0 Å². The third kappa shape index (κ3) is 4.27. The molecule has 0 radical (unpaired) electrons. The Bertz CT molecular complexity index is 629. The minimum atomic E-state index is -1.05. The highest BCUT2D eigenvalue weighted by atomic mass is 16.5. The van der Waals surface area contributed by atoms with Gasteiger partial charge in [0.2, 0.25) is 5.89 Å². The monoisotopic (exact) mass is 286 g/mol. The number of benzene rings is 1. The highest BCUT2D eigenvalue weighted by Gasteiger charge is 2.12. The maximum absolute atomic E-state index is 10.7. The molecule has 110 valence electrons. The van der Waals surface area contributed by atoms with Crippen molar-refractivity contribution in [1.82, 2.24) is 10.1 Å². The molecule has 5 heteroatoms. The molecule has 1 aromatic heterocycles. The Hall–Kier alpha value is -2.43. The minimum absolute atomic E-state index is 0.0362. The number of hydrogen-bond acceptors (Lipinski definition) is 4. The van der Waals surface area contributed by atoms with Gasteiger partial charge < -0.3 is 9.63 Å². The second-order valence-corrected chi connectivity index (χ2v) is 4.93. The number of hydrogen-bond donors (Lipinski definition) is 1. The number of carboxylic acids is 1. The third-order valence-electron chi connectivity index (χ3n) is 3.10. The normalized spacial score (nSPS) is 10.5. The van der Waals surface area contributed by atoms with Crippen LogP contribution in [0.4, 0.5) is 0 Å². The van der Waals surface area contributed by atoms with E-state index in [1.807, 2.05) is 0 Å². The van der Waals surface area contributed by atoms with E-state index in [9.17, 15) is 4.79 Å². The number of nitrogens with zero attached hydrogens (tertiary/aromatic N) is 2. The average molecular weight is 286 g/mol. The summed E-state index contributed by atoms with van der Waals surface area (Å²) < 4.78 is 5.03. The summed E-state index contributed by atoms with van der Waals surface area (Å²) in [4.78, 5) is 14.9. The molecule has 5 nitrogen and oxygen atoms in total. The lowest BCUT2D eigenvalue weighted by Gasteiger charge is -2.00. The summed E-state index contributed by atoms with van der Waals surface area (Å²) >= 11 is 0. The van der Waals surface area contributed by atoms with Crippen LogP contribution in [-0.4, -0.2) is 21.2 Å². The summed E-state index contributed by atoms with van der Waals surface area (Å²) in [6.07, 6.45) is 2.83. The summed E-state index contributed by atoms with van der Waals surface area (Å²) in [5.41, 5.74) is 2.45. The number of rotatable bonds is 7. The zero-order valence-corrected chi connectivity index (χ0v) is 12.0. The number of carboxylic acid groups (broad SMARTS) is 1. The third-order valence-corrected chi connectivity index (χ3v) is 3.10. The first-order valence-corrected chi connectivity index (χ1v) is 6.89. The summed E-state index contributed by atoms with van der Waals surface area (Å²) in [5, 5.41) is 12.6. The second kappa shape index (κ2) is 6.83. The van der Waals surface area contributed by atoms with Gasteiger partial charge >= 0.3 is 5.97 Å². The fourth-order valence-electron chi connectivity index (χ4n) is 1.99. The Morgan fingerprint density at radius 2 is 1.95 bits per heavy atom. The van der Waals surface area contributed by atoms with Crippen LogP contribution in [0, 0.1) is 0 Å². The van der Waals surface area contributed by atoms with Gasteiger partial charge in [0.1, 0.15) is 0 Å². The average Bonchev–Trinajstić information content (AvgIpc) is 2.88. The van der Waals surface area contributed by atoms with Gasteiger partial charge in [0.25, 0.3) is 0 Å². The summed E-state index contributed by atoms with van der Waals surface area (Å²) in [6.45, 7) is 5.60. The molecule has 0 fully saturated rings. The van der Waals surface area contributed by atoms with E-state index in [0.717, 1.165) is 18.4 Å². The van der Waals surface area contributed by atoms with Crippen LogP contribution in [0.5, 0.6) is 0 Å². The van der Waals surface area contributed by atoms with Crippen LogP contribution >= 0.6 is 0 Å². The van der Waals surface area contributed by atoms with Crippen molar-refractivity contribution in [2.75, 3.05) is 0 Å². The van der Waals surface area contributed by atoms with E-state index in [2.05, 4.69) is 47.9 Å². The zero-order chi connectivity index (χ0) is 15.2. The number of aryl methyl sites for hydroxylation is 1. The molecule has 2 rings (SSSR count). The number of carbonyl (C=O) groups is 1. The van der Waals surface area contributed by atoms with Crippen LogP contribution in [-0.2, 0) is 24.1 Å². The molecule has 0 aliphatic rings. The van der Waals surface area contributed by atoms with Gasteiger partial charge in [0.15, 0.2) is 5.82 Å². The molecule has 1 aromatic carbocycles. The maximum Gasteiger partial charge on any atom is 0.331 e. The molecule has 0 aliphatic carbocycles. The Balaban J connectivity index is 1.98. The molecule has 0 saturated carbocycles. The van der Waals surface area contributed by atoms with Crippen molar-refractivity contribution < 1.29 is 14.4 Å². The summed E-state index contributed by atoms with van der Waals surface area (Å²) in [5.74, 6) is -0.229. The van der Waals surface area contributed by atoms with E-state index in [1.165, 1.54) is 5.56 Å². The van der Waals surface area contributed by atoms with Gasteiger partial charge in [-0.1, -0.05) is 49.3 Å². The lowest BCUT2D eigenvalue weighted by atomic mass is 10.1. The van der Waals surface area contributed by atoms with Gasteiger partial charge in [-0.25, -0.2) is 4.79 Å². The van der Waals surface area contributed by atoms with Crippen molar-refractivity contribution in [1.29, 1.82) is 0 Å². The van der Waals surface area contributed by atoms with E-state index >= 15 is 0 Å². The first-order valence-electron chi connectivity index (χ1n) is 6.89. The molecule has 21 heavy (non-hydrogen) atoms. The van der Waals surface area contributed by atoms with Crippen LogP contribution in [0.1, 0.15) is 36.2 Å². The molecular weight excluding hydrogens is 268 g/mol. The molecule has 0 spiro atoms. The summed E-state index contributed by atoms with van der Waals surface area (Å²) in [7, 11) is 0. The number of aliphatic carboxylic acids is 1. The molecule has 1 heterocycles. The minimum Gasteiger partial charge on any atom is -0.478 e. The van der Waals surface area contributed by atoms with Gasteiger partial charge in [-0.2, -0.15) is 4.98 Å².